The van der Waals surface area contributed by atoms with Gasteiger partial charge in [0.1, 0.15) is 12.4 Å². The third-order valence-electron chi connectivity index (χ3n) is 4.26. The minimum atomic E-state index is -0.199. The van der Waals surface area contributed by atoms with Crippen molar-refractivity contribution in [3.63, 3.8) is 0 Å². The number of ether oxygens (including phenoxy) is 2. The van der Waals surface area contributed by atoms with Crippen molar-refractivity contribution in [1.29, 1.82) is 0 Å². The van der Waals surface area contributed by atoms with Crippen LogP contribution in [0.1, 0.15) is 17.5 Å². The van der Waals surface area contributed by atoms with Crippen LogP contribution in [0.2, 0.25) is 5.02 Å². The molecule has 0 spiro atoms. The van der Waals surface area contributed by atoms with Gasteiger partial charge in [-0.05, 0) is 59.0 Å². The molecule has 0 fully saturated rings. The molecule has 27 heavy (non-hydrogen) atoms. The summed E-state index contributed by atoms with van der Waals surface area (Å²) in [4.78, 5) is 11.2. The Balaban J connectivity index is 1.60. The largest absolute Gasteiger partial charge is 0.489 e. The van der Waals surface area contributed by atoms with E-state index in [0.29, 0.717) is 19.4 Å². The first-order valence-electron chi connectivity index (χ1n) is 8.77. The third kappa shape index (κ3) is 5.60. The summed E-state index contributed by atoms with van der Waals surface area (Å²) in [5.74, 6) is 0.597. The number of hydrogen-bond acceptors (Lipinski definition) is 3. The first kappa shape index (κ1) is 19.0. The first-order chi connectivity index (χ1) is 13.1. The maximum atomic E-state index is 11.2. The number of methoxy groups -OCH3 is 1. The highest BCUT2D eigenvalue weighted by atomic mass is 35.5. The molecule has 3 aromatic carbocycles. The maximum Gasteiger partial charge on any atom is 0.305 e. The fraction of sp³-hybridized carbons (Fsp3) is 0.174. The lowest BCUT2D eigenvalue weighted by atomic mass is 10.0. The number of aryl methyl sites for hydroxylation is 1. The molecule has 0 aromatic heterocycles. The molecule has 0 atom stereocenters. The minimum absolute atomic E-state index is 0.199. The van der Waals surface area contributed by atoms with Crippen molar-refractivity contribution >= 4 is 17.6 Å². The average Bonchev–Trinajstić information content (AvgIpc) is 2.71. The van der Waals surface area contributed by atoms with Crippen molar-refractivity contribution in [1.82, 2.24) is 0 Å². The van der Waals surface area contributed by atoms with E-state index in [2.05, 4.69) is 16.9 Å². The van der Waals surface area contributed by atoms with Crippen LogP contribution in [-0.4, -0.2) is 13.1 Å². The van der Waals surface area contributed by atoms with Crippen molar-refractivity contribution in [3.8, 4) is 16.9 Å². The fourth-order valence-corrected chi connectivity index (χ4v) is 2.97. The molecule has 0 saturated heterocycles. The van der Waals surface area contributed by atoms with Gasteiger partial charge in [0.25, 0.3) is 0 Å². The lowest BCUT2D eigenvalue weighted by Gasteiger charge is -2.09. The van der Waals surface area contributed by atoms with Gasteiger partial charge in [-0.2, -0.15) is 0 Å². The number of carbonyl (C=O) groups is 1. The Kier molecular flexibility index (Phi) is 6.50. The smallest absolute Gasteiger partial charge is 0.305 e. The number of esters is 1. The Morgan fingerprint density at radius 1 is 0.889 bits per heavy atom. The number of halogens is 1. The van der Waals surface area contributed by atoms with Gasteiger partial charge in [-0.3, -0.25) is 4.79 Å². The lowest BCUT2D eigenvalue weighted by molar-refractivity contribution is -0.140. The monoisotopic (exact) mass is 380 g/mol. The van der Waals surface area contributed by atoms with Crippen LogP contribution in [0.15, 0.2) is 72.8 Å². The second-order valence-electron chi connectivity index (χ2n) is 6.22. The number of rotatable bonds is 7. The van der Waals surface area contributed by atoms with Crippen LogP contribution >= 0.6 is 11.6 Å². The second kappa shape index (κ2) is 9.24. The normalized spacial score (nSPS) is 10.4. The zero-order valence-corrected chi connectivity index (χ0v) is 15.9. The highest BCUT2D eigenvalue weighted by molar-refractivity contribution is 6.30. The Morgan fingerprint density at radius 2 is 1.59 bits per heavy atom. The quantitative estimate of drug-likeness (QED) is 0.494. The highest BCUT2D eigenvalue weighted by Gasteiger charge is 2.04. The Labute approximate surface area is 164 Å². The summed E-state index contributed by atoms with van der Waals surface area (Å²) in [5, 5.41) is 0.724. The Morgan fingerprint density at radius 3 is 2.30 bits per heavy atom. The fourth-order valence-electron chi connectivity index (χ4n) is 2.78. The predicted octanol–water partition coefficient (Wildman–Crippen LogP) is 5.69. The van der Waals surface area contributed by atoms with Gasteiger partial charge in [0.05, 0.1) is 7.11 Å². The van der Waals surface area contributed by atoms with E-state index in [1.165, 1.54) is 7.11 Å². The molecule has 0 aliphatic heterocycles. The predicted molar refractivity (Wildman–Crippen MR) is 108 cm³/mol. The number of hydrogen-bond donors (Lipinski definition) is 0. The number of carbonyl (C=O) groups excluding carboxylic acids is 1. The summed E-state index contributed by atoms with van der Waals surface area (Å²) < 4.78 is 10.6. The van der Waals surface area contributed by atoms with Crippen molar-refractivity contribution in [2.24, 2.45) is 0 Å². The molecule has 0 saturated carbocycles. The lowest BCUT2D eigenvalue weighted by Crippen LogP contribution is -2.02. The SMILES string of the molecule is COC(=O)CCc1ccc(OCc2cccc(-c3cccc(Cl)c3)c2)cc1. The molecule has 138 valence electrons. The molecule has 0 heterocycles. The van der Waals surface area contributed by atoms with Crippen LogP contribution in [0, 0.1) is 0 Å². The van der Waals surface area contributed by atoms with Gasteiger partial charge >= 0.3 is 5.97 Å². The standard InChI is InChI=1S/C23H21ClO3/c1-26-23(25)13-10-17-8-11-22(12-9-17)27-16-18-4-2-5-19(14-18)20-6-3-7-21(24)15-20/h2-9,11-12,14-15H,10,13,16H2,1H3. The highest BCUT2D eigenvalue weighted by Crippen LogP contribution is 2.24. The van der Waals surface area contributed by atoms with Gasteiger partial charge in [0.15, 0.2) is 0 Å². The number of benzene rings is 3. The van der Waals surface area contributed by atoms with E-state index in [0.717, 1.165) is 33.0 Å². The summed E-state index contributed by atoms with van der Waals surface area (Å²) in [5.41, 5.74) is 4.36. The van der Waals surface area contributed by atoms with Crippen LogP contribution in [0.5, 0.6) is 5.75 Å². The molecular weight excluding hydrogens is 360 g/mol. The molecule has 0 amide bonds. The Bertz CT molecular complexity index is 904. The molecule has 0 N–H and O–H groups in total. The summed E-state index contributed by atoms with van der Waals surface area (Å²) in [6.07, 6.45) is 1.04. The van der Waals surface area contributed by atoms with Crippen LogP contribution in [0.4, 0.5) is 0 Å². The van der Waals surface area contributed by atoms with Gasteiger partial charge in [0.2, 0.25) is 0 Å². The molecule has 0 aliphatic carbocycles. The van der Waals surface area contributed by atoms with Gasteiger partial charge < -0.3 is 9.47 Å². The van der Waals surface area contributed by atoms with E-state index in [1.54, 1.807) is 0 Å². The molecule has 3 aromatic rings. The zero-order valence-electron chi connectivity index (χ0n) is 15.2. The van der Waals surface area contributed by atoms with E-state index >= 15 is 0 Å². The van der Waals surface area contributed by atoms with E-state index in [1.807, 2.05) is 60.7 Å². The van der Waals surface area contributed by atoms with Crippen molar-refractivity contribution in [2.75, 3.05) is 7.11 Å². The second-order valence-corrected chi connectivity index (χ2v) is 6.66. The van der Waals surface area contributed by atoms with Crippen LogP contribution in [-0.2, 0) is 22.6 Å². The minimum Gasteiger partial charge on any atom is -0.489 e. The summed E-state index contributed by atoms with van der Waals surface area (Å²) >= 11 is 6.09. The van der Waals surface area contributed by atoms with E-state index in [9.17, 15) is 4.79 Å². The van der Waals surface area contributed by atoms with Gasteiger partial charge in [-0.15, -0.1) is 0 Å². The van der Waals surface area contributed by atoms with E-state index in [-0.39, 0.29) is 5.97 Å². The molecule has 0 aliphatic rings. The molecule has 3 rings (SSSR count). The van der Waals surface area contributed by atoms with E-state index < -0.39 is 0 Å². The van der Waals surface area contributed by atoms with Crippen LogP contribution in [0.25, 0.3) is 11.1 Å². The third-order valence-corrected chi connectivity index (χ3v) is 4.49. The summed E-state index contributed by atoms with van der Waals surface area (Å²) in [6.45, 7) is 0.482. The van der Waals surface area contributed by atoms with Gasteiger partial charge in [-0.1, -0.05) is 54.1 Å². The van der Waals surface area contributed by atoms with Gasteiger partial charge in [0, 0.05) is 11.4 Å². The molecule has 0 unspecified atom stereocenters. The first-order valence-corrected chi connectivity index (χ1v) is 9.15. The molecule has 3 nitrogen and oxygen atoms in total. The van der Waals surface area contributed by atoms with E-state index in [4.69, 9.17) is 16.3 Å². The average molecular weight is 381 g/mol. The molecule has 0 bridgehead atoms. The molecule has 4 heteroatoms. The van der Waals surface area contributed by atoms with Crippen molar-refractivity contribution < 1.29 is 14.3 Å². The summed E-state index contributed by atoms with van der Waals surface area (Å²) in [6, 6.07) is 23.8. The van der Waals surface area contributed by atoms with Crippen molar-refractivity contribution in [3.05, 3.63) is 88.9 Å². The molecule has 0 radical (unpaired) electrons. The van der Waals surface area contributed by atoms with Crippen LogP contribution < -0.4 is 4.74 Å². The van der Waals surface area contributed by atoms with Gasteiger partial charge in [-0.25, -0.2) is 0 Å². The van der Waals surface area contributed by atoms with Crippen molar-refractivity contribution in [2.45, 2.75) is 19.4 Å². The Hall–Kier alpha value is -2.78. The molecular formula is C23H21ClO3. The topological polar surface area (TPSA) is 35.5 Å². The maximum absolute atomic E-state index is 11.2. The zero-order chi connectivity index (χ0) is 19.1. The van der Waals surface area contributed by atoms with Crippen LogP contribution in [0.3, 0.4) is 0 Å². The summed E-state index contributed by atoms with van der Waals surface area (Å²) in [7, 11) is 1.40.